The predicted molar refractivity (Wildman–Crippen MR) is 46.7 cm³/mol. The Morgan fingerprint density at radius 2 is 1.85 bits per heavy atom. The van der Waals surface area contributed by atoms with Gasteiger partial charge >= 0.3 is 6.09 Å². The molecule has 0 spiro atoms. The maximum atomic E-state index is 10.3. The van der Waals surface area contributed by atoms with Gasteiger partial charge in [-0.25, -0.2) is 4.79 Å². The minimum absolute atomic E-state index is 0.0109. The number of hydrogen-bond donors (Lipinski definition) is 2. The van der Waals surface area contributed by atoms with Crippen LogP contribution in [0.15, 0.2) is 24.3 Å². The second-order valence-corrected chi connectivity index (χ2v) is 2.58. The van der Waals surface area contributed by atoms with E-state index in [0.29, 0.717) is 0 Å². The van der Waals surface area contributed by atoms with Crippen LogP contribution >= 0.6 is 0 Å². The Bertz CT molecular complexity index is 281. The molecular weight excluding hydrogens is 170 g/mol. The standard InChI is InChI=1S/C9H11NO3/c10-9(12)13-6-8-3-1-7(5-11)2-4-8/h1-4,11H,5-6H2,(H2,10,12). The Kier molecular flexibility index (Phi) is 3.28. The number of carbonyl (C=O) groups is 1. The van der Waals surface area contributed by atoms with Crippen molar-refractivity contribution in [2.45, 2.75) is 13.2 Å². The van der Waals surface area contributed by atoms with E-state index in [-0.39, 0.29) is 13.2 Å². The lowest BCUT2D eigenvalue weighted by atomic mass is 10.1. The zero-order valence-corrected chi connectivity index (χ0v) is 7.06. The number of hydrogen-bond acceptors (Lipinski definition) is 3. The molecule has 1 aromatic rings. The SMILES string of the molecule is NC(=O)OCc1ccc(CO)cc1. The Labute approximate surface area is 75.9 Å². The third-order valence-electron chi connectivity index (χ3n) is 1.59. The van der Waals surface area contributed by atoms with Crippen LogP contribution in [0.1, 0.15) is 11.1 Å². The molecule has 0 radical (unpaired) electrons. The molecule has 1 rings (SSSR count). The van der Waals surface area contributed by atoms with Gasteiger partial charge in [0.15, 0.2) is 0 Å². The van der Waals surface area contributed by atoms with E-state index in [1.54, 1.807) is 24.3 Å². The first kappa shape index (κ1) is 9.54. The molecular formula is C9H11NO3. The Morgan fingerprint density at radius 3 is 2.31 bits per heavy atom. The monoisotopic (exact) mass is 181 g/mol. The molecule has 0 bridgehead atoms. The fraction of sp³-hybridized carbons (Fsp3) is 0.222. The van der Waals surface area contributed by atoms with Crippen molar-refractivity contribution in [1.82, 2.24) is 0 Å². The summed E-state index contributed by atoms with van der Waals surface area (Å²) in [6.45, 7) is 0.179. The zero-order valence-electron chi connectivity index (χ0n) is 7.06. The molecule has 0 aliphatic heterocycles. The van der Waals surface area contributed by atoms with Crippen LogP contribution in [-0.4, -0.2) is 11.2 Å². The molecule has 4 nitrogen and oxygen atoms in total. The van der Waals surface area contributed by atoms with Gasteiger partial charge in [0, 0.05) is 0 Å². The van der Waals surface area contributed by atoms with E-state index in [0.717, 1.165) is 11.1 Å². The summed E-state index contributed by atoms with van der Waals surface area (Å²) in [5.74, 6) is 0. The second-order valence-electron chi connectivity index (χ2n) is 2.58. The number of carbonyl (C=O) groups excluding carboxylic acids is 1. The second kappa shape index (κ2) is 4.47. The summed E-state index contributed by atoms with van der Waals surface area (Å²) < 4.78 is 4.58. The summed E-state index contributed by atoms with van der Waals surface area (Å²) in [6.07, 6.45) is -0.786. The summed E-state index contributed by atoms with van der Waals surface area (Å²) in [6, 6.07) is 7.07. The highest BCUT2D eigenvalue weighted by Gasteiger charge is 1.96. The molecule has 1 aromatic carbocycles. The van der Waals surface area contributed by atoms with Gasteiger partial charge in [0.2, 0.25) is 0 Å². The molecule has 0 saturated heterocycles. The van der Waals surface area contributed by atoms with Crippen LogP contribution in [0.25, 0.3) is 0 Å². The highest BCUT2D eigenvalue weighted by molar-refractivity contribution is 5.64. The molecule has 13 heavy (non-hydrogen) atoms. The van der Waals surface area contributed by atoms with Gasteiger partial charge in [0.25, 0.3) is 0 Å². The minimum atomic E-state index is -0.786. The van der Waals surface area contributed by atoms with Crippen molar-refractivity contribution in [2.24, 2.45) is 5.73 Å². The highest BCUT2D eigenvalue weighted by atomic mass is 16.5. The van der Waals surface area contributed by atoms with Crippen LogP contribution < -0.4 is 5.73 Å². The first-order chi connectivity index (χ1) is 6.22. The summed E-state index contributed by atoms with van der Waals surface area (Å²) in [5, 5.41) is 8.74. The lowest BCUT2D eigenvalue weighted by Gasteiger charge is -2.02. The van der Waals surface area contributed by atoms with E-state index in [1.807, 2.05) is 0 Å². The molecule has 0 heterocycles. The van der Waals surface area contributed by atoms with Gasteiger partial charge in [-0.1, -0.05) is 24.3 Å². The van der Waals surface area contributed by atoms with E-state index in [4.69, 9.17) is 10.8 Å². The molecule has 1 amide bonds. The van der Waals surface area contributed by atoms with Gasteiger partial charge in [0.1, 0.15) is 6.61 Å². The van der Waals surface area contributed by atoms with Crippen molar-refractivity contribution in [2.75, 3.05) is 0 Å². The molecule has 70 valence electrons. The molecule has 0 aromatic heterocycles. The number of rotatable bonds is 3. The summed E-state index contributed by atoms with van der Waals surface area (Å²) >= 11 is 0. The number of nitrogens with two attached hydrogens (primary N) is 1. The van der Waals surface area contributed by atoms with Crippen molar-refractivity contribution in [3.05, 3.63) is 35.4 Å². The van der Waals surface area contributed by atoms with Crippen LogP contribution in [-0.2, 0) is 18.0 Å². The molecule has 3 N–H and O–H groups in total. The Morgan fingerprint density at radius 1 is 1.31 bits per heavy atom. The van der Waals surface area contributed by atoms with E-state index in [9.17, 15) is 4.79 Å². The molecule has 0 fully saturated rings. The van der Waals surface area contributed by atoms with Crippen LogP contribution in [0.3, 0.4) is 0 Å². The van der Waals surface area contributed by atoms with E-state index < -0.39 is 6.09 Å². The first-order valence-electron chi connectivity index (χ1n) is 3.83. The maximum absolute atomic E-state index is 10.3. The Balaban J connectivity index is 2.54. The average Bonchev–Trinajstić information content (AvgIpc) is 2.15. The fourth-order valence-electron chi connectivity index (χ4n) is 0.895. The largest absolute Gasteiger partial charge is 0.445 e. The first-order valence-corrected chi connectivity index (χ1v) is 3.83. The topological polar surface area (TPSA) is 72.6 Å². The average molecular weight is 181 g/mol. The molecule has 4 heteroatoms. The third kappa shape index (κ3) is 3.13. The van der Waals surface area contributed by atoms with Crippen LogP contribution in [0, 0.1) is 0 Å². The lowest BCUT2D eigenvalue weighted by molar-refractivity contribution is 0.150. The van der Waals surface area contributed by atoms with E-state index in [1.165, 1.54) is 0 Å². The van der Waals surface area contributed by atoms with E-state index in [2.05, 4.69) is 4.74 Å². The van der Waals surface area contributed by atoms with Crippen LogP contribution in [0.2, 0.25) is 0 Å². The van der Waals surface area contributed by atoms with E-state index >= 15 is 0 Å². The van der Waals surface area contributed by atoms with Gasteiger partial charge in [0.05, 0.1) is 6.61 Å². The lowest BCUT2D eigenvalue weighted by Crippen LogP contribution is -2.12. The highest BCUT2D eigenvalue weighted by Crippen LogP contribution is 2.05. The molecule has 0 aliphatic rings. The summed E-state index contributed by atoms with van der Waals surface area (Å²) in [4.78, 5) is 10.3. The van der Waals surface area contributed by atoms with Gasteiger partial charge in [-0.15, -0.1) is 0 Å². The van der Waals surface area contributed by atoms with Crippen molar-refractivity contribution >= 4 is 6.09 Å². The van der Waals surface area contributed by atoms with Crippen LogP contribution in [0.4, 0.5) is 4.79 Å². The number of benzene rings is 1. The molecule has 0 atom stereocenters. The minimum Gasteiger partial charge on any atom is -0.445 e. The van der Waals surface area contributed by atoms with Crippen LogP contribution in [0.5, 0.6) is 0 Å². The third-order valence-corrected chi connectivity index (χ3v) is 1.59. The smallest absolute Gasteiger partial charge is 0.404 e. The number of aliphatic hydroxyl groups is 1. The summed E-state index contributed by atoms with van der Waals surface area (Å²) in [7, 11) is 0. The van der Waals surface area contributed by atoms with Crippen molar-refractivity contribution in [3.8, 4) is 0 Å². The zero-order chi connectivity index (χ0) is 9.68. The number of aliphatic hydroxyl groups excluding tert-OH is 1. The molecule has 0 saturated carbocycles. The number of ether oxygens (including phenoxy) is 1. The molecule has 0 unspecified atom stereocenters. The quantitative estimate of drug-likeness (QED) is 0.723. The normalized spacial score (nSPS) is 9.62. The number of primary amides is 1. The van der Waals surface area contributed by atoms with Crippen molar-refractivity contribution in [3.63, 3.8) is 0 Å². The summed E-state index contributed by atoms with van der Waals surface area (Å²) in [5.41, 5.74) is 6.46. The molecule has 0 aliphatic carbocycles. The fourth-order valence-corrected chi connectivity index (χ4v) is 0.895. The maximum Gasteiger partial charge on any atom is 0.404 e. The predicted octanol–water partition coefficient (Wildman–Crippen LogP) is 0.774. The van der Waals surface area contributed by atoms with Crippen molar-refractivity contribution < 1.29 is 14.6 Å². The Hall–Kier alpha value is -1.55. The van der Waals surface area contributed by atoms with Gasteiger partial charge in [-0.05, 0) is 11.1 Å². The van der Waals surface area contributed by atoms with Gasteiger partial charge in [-0.3, -0.25) is 0 Å². The van der Waals surface area contributed by atoms with Crippen molar-refractivity contribution in [1.29, 1.82) is 0 Å². The number of amides is 1. The van der Waals surface area contributed by atoms with Gasteiger partial charge in [-0.2, -0.15) is 0 Å². The van der Waals surface area contributed by atoms with Gasteiger partial charge < -0.3 is 15.6 Å².